The molecule has 0 saturated carbocycles. The van der Waals surface area contributed by atoms with Crippen molar-refractivity contribution in [3.05, 3.63) is 34.7 Å². The van der Waals surface area contributed by atoms with E-state index in [1.807, 2.05) is 19.9 Å². The normalized spacial score (nSPS) is 22.8. The highest BCUT2D eigenvalue weighted by Crippen LogP contribution is 2.48. The highest BCUT2D eigenvalue weighted by molar-refractivity contribution is 6.34. The molecule has 0 aliphatic carbocycles. The zero-order valence-corrected chi connectivity index (χ0v) is 18.7. The third-order valence-corrected chi connectivity index (χ3v) is 6.08. The molecule has 0 bridgehead atoms. The van der Waals surface area contributed by atoms with Crippen LogP contribution in [0.15, 0.2) is 23.3 Å². The summed E-state index contributed by atoms with van der Waals surface area (Å²) in [6, 6.07) is 3.14. The van der Waals surface area contributed by atoms with E-state index in [1.54, 1.807) is 19.9 Å². The Morgan fingerprint density at radius 2 is 2.06 bits per heavy atom. The zero-order chi connectivity index (χ0) is 22.6. The van der Waals surface area contributed by atoms with Crippen LogP contribution in [0.4, 0.5) is 16.0 Å². The molecule has 1 aromatic carbocycles. The molecule has 0 spiro atoms. The number of halogens is 2. The van der Waals surface area contributed by atoms with Gasteiger partial charge in [-0.2, -0.15) is 0 Å². The minimum absolute atomic E-state index is 0.0938. The Morgan fingerprint density at radius 3 is 2.74 bits per heavy atom. The lowest BCUT2D eigenvalue weighted by Gasteiger charge is -2.30. The molecule has 0 unspecified atom stereocenters. The number of ether oxygens (including phenoxy) is 1. The number of hydrogen-bond donors (Lipinski definition) is 3. The Bertz CT molecular complexity index is 1050. The number of aliphatic hydroxyl groups is 2. The summed E-state index contributed by atoms with van der Waals surface area (Å²) in [5, 5.41) is 24.1. The maximum Gasteiger partial charge on any atom is 0.223 e. The van der Waals surface area contributed by atoms with E-state index in [4.69, 9.17) is 16.3 Å². The molecule has 7 nitrogen and oxygen atoms in total. The molecule has 2 atom stereocenters. The molecule has 0 radical (unpaired) electrons. The number of rotatable bonds is 4. The van der Waals surface area contributed by atoms with E-state index in [0.717, 1.165) is 11.8 Å². The summed E-state index contributed by atoms with van der Waals surface area (Å²) in [4.78, 5) is 13.0. The molecular formula is C22H26ClFN4O3. The van der Waals surface area contributed by atoms with Crippen molar-refractivity contribution in [3.63, 3.8) is 0 Å². The first kappa shape index (κ1) is 22.1. The molecule has 3 N–H and O–H groups in total. The molecule has 166 valence electrons. The summed E-state index contributed by atoms with van der Waals surface area (Å²) in [7, 11) is 0. The molecule has 1 fully saturated rings. The van der Waals surface area contributed by atoms with Gasteiger partial charge in [0, 0.05) is 17.6 Å². The first-order chi connectivity index (χ1) is 14.5. The van der Waals surface area contributed by atoms with Crippen molar-refractivity contribution in [3.8, 4) is 11.3 Å². The highest BCUT2D eigenvalue weighted by atomic mass is 35.5. The predicted molar refractivity (Wildman–Crippen MR) is 118 cm³/mol. The van der Waals surface area contributed by atoms with Crippen LogP contribution in [0.25, 0.3) is 11.3 Å². The fourth-order valence-corrected chi connectivity index (χ4v) is 4.56. The van der Waals surface area contributed by atoms with Crippen molar-refractivity contribution in [1.82, 2.24) is 9.97 Å². The van der Waals surface area contributed by atoms with Crippen molar-refractivity contribution < 1.29 is 19.3 Å². The molecule has 2 aromatic rings. The summed E-state index contributed by atoms with van der Waals surface area (Å²) >= 11 is 6.52. The third-order valence-electron chi connectivity index (χ3n) is 5.79. The van der Waals surface area contributed by atoms with Gasteiger partial charge in [-0.1, -0.05) is 25.4 Å². The van der Waals surface area contributed by atoms with E-state index < -0.39 is 22.9 Å². The fraction of sp³-hybridized carbons (Fsp3) is 0.500. The lowest BCUT2D eigenvalue weighted by atomic mass is 9.75. The largest absolute Gasteiger partial charge is 0.389 e. The highest BCUT2D eigenvalue weighted by Gasteiger charge is 2.43. The van der Waals surface area contributed by atoms with E-state index in [0.29, 0.717) is 35.0 Å². The lowest BCUT2D eigenvalue weighted by molar-refractivity contribution is -0.0136. The van der Waals surface area contributed by atoms with Crippen molar-refractivity contribution >= 4 is 28.9 Å². The molecule has 31 heavy (non-hydrogen) atoms. The minimum atomic E-state index is -1.13. The average molecular weight is 449 g/mol. The van der Waals surface area contributed by atoms with E-state index >= 15 is 0 Å². The van der Waals surface area contributed by atoms with Crippen LogP contribution in [0.5, 0.6) is 0 Å². The van der Waals surface area contributed by atoms with Gasteiger partial charge < -0.3 is 20.3 Å². The van der Waals surface area contributed by atoms with Crippen LogP contribution in [0.1, 0.15) is 39.7 Å². The van der Waals surface area contributed by atoms with Crippen LogP contribution in [0, 0.1) is 5.82 Å². The average Bonchev–Trinajstić information content (AvgIpc) is 2.97. The maximum atomic E-state index is 14.7. The van der Waals surface area contributed by atoms with Crippen LogP contribution in [-0.2, 0) is 10.2 Å². The Morgan fingerprint density at radius 1 is 1.32 bits per heavy atom. The van der Waals surface area contributed by atoms with Gasteiger partial charge in [0.05, 0.1) is 47.0 Å². The van der Waals surface area contributed by atoms with E-state index in [1.165, 1.54) is 0 Å². The number of nitrogens with zero attached hydrogens (tertiary/aromatic N) is 3. The topological polar surface area (TPSA) is 99.9 Å². The number of benzene rings is 1. The van der Waals surface area contributed by atoms with Gasteiger partial charge in [0.1, 0.15) is 5.69 Å². The van der Waals surface area contributed by atoms with Crippen molar-refractivity contribution in [1.29, 1.82) is 0 Å². The molecule has 2 aliphatic rings. The number of nitrogens with one attached hydrogen (secondary N) is 1. The van der Waals surface area contributed by atoms with Crippen molar-refractivity contribution in [2.24, 2.45) is 4.99 Å². The Labute approximate surface area is 185 Å². The van der Waals surface area contributed by atoms with Crippen LogP contribution in [0.3, 0.4) is 0 Å². The molecular weight excluding hydrogens is 423 g/mol. The van der Waals surface area contributed by atoms with E-state index in [9.17, 15) is 14.6 Å². The molecule has 2 aliphatic heterocycles. The van der Waals surface area contributed by atoms with Gasteiger partial charge in [0.15, 0.2) is 5.82 Å². The van der Waals surface area contributed by atoms with Gasteiger partial charge in [-0.25, -0.2) is 14.4 Å². The summed E-state index contributed by atoms with van der Waals surface area (Å²) < 4.78 is 20.0. The van der Waals surface area contributed by atoms with E-state index in [-0.39, 0.29) is 24.3 Å². The smallest absolute Gasteiger partial charge is 0.223 e. The Kier molecular flexibility index (Phi) is 5.54. The number of hydrogen-bond acceptors (Lipinski definition) is 7. The molecule has 1 aromatic heterocycles. The second-order valence-corrected chi connectivity index (χ2v) is 9.48. The SMILES string of the molecule is CC(C)(O)C1=Nc2c(Cl)cc(-c3nc(N[C@@H]4CCOC[C@H]4O)ncc3F)cc2C1(C)C. The number of aliphatic imine (C=N–C) groups is 1. The number of fused-ring (bicyclic) bond motifs is 1. The van der Waals surface area contributed by atoms with Gasteiger partial charge in [-0.15, -0.1) is 0 Å². The van der Waals surface area contributed by atoms with E-state index in [2.05, 4.69) is 20.3 Å². The predicted octanol–water partition coefficient (Wildman–Crippen LogP) is 3.63. The first-order valence-electron chi connectivity index (χ1n) is 10.2. The maximum absolute atomic E-state index is 14.7. The van der Waals surface area contributed by atoms with Crippen LogP contribution < -0.4 is 5.32 Å². The van der Waals surface area contributed by atoms with Crippen LogP contribution in [0.2, 0.25) is 5.02 Å². The molecule has 0 amide bonds. The zero-order valence-electron chi connectivity index (χ0n) is 17.9. The standard InChI is InChI=1S/C22H26ClFN4O3/c1-21(2)12-7-11(8-13(23)18(12)27-19(21)22(3,4)30)17-14(24)9-25-20(28-17)26-15-5-6-31-10-16(15)29/h7-9,15-16,29-30H,5-6,10H2,1-4H3,(H,25,26,28)/t15-,16-/m1/s1. The van der Waals surface area contributed by atoms with Gasteiger partial charge in [-0.3, -0.25) is 4.99 Å². The van der Waals surface area contributed by atoms with Crippen LogP contribution in [-0.4, -0.2) is 56.9 Å². The monoisotopic (exact) mass is 448 g/mol. The molecule has 1 saturated heterocycles. The van der Waals surface area contributed by atoms with Crippen molar-refractivity contribution in [2.75, 3.05) is 18.5 Å². The number of aromatic nitrogens is 2. The Hall–Kier alpha value is -2.13. The second kappa shape index (κ2) is 7.78. The van der Waals surface area contributed by atoms with Gasteiger partial charge in [0.2, 0.25) is 5.95 Å². The fourth-order valence-electron chi connectivity index (χ4n) is 4.30. The van der Waals surface area contributed by atoms with Crippen molar-refractivity contribution in [2.45, 2.75) is 57.3 Å². The van der Waals surface area contributed by atoms with Crippen LogP contribution >= 0.6 is 11.6 Å². The second-order valence-electron chi connectivity index (χ2n) is 9.07. The summed E-state index contributed by atoms with van der Waals surface area (Å²) in [5.74, 6) is -0.375. The minimum Gasteiger partial charge on any atom is -0.389 e. The van der Waals surface area contributed by atoms with Gasteiger partial charge in [-0.05, 0) is 38.0 Å². The summed E-state index contributed by atoms with van der Waals surface area (Å²) in [5.41, 5.74) is 0.812. The Balaban J connectivity index is 1.72. The number of aliphatic hydroxyl groups excluding tert-OH is 1. The summed E-state index contributed by atoms with van der Waals surface area (Å²) in [6.45, 7) is 8.01. The van der Waals surface area contributed by atoms with Gasteiger partial charge >= 0.3 is 0 Å². The molecule has 9 heteroatoms. The van der Waals surface area contributed by atoms with Gasteiger partial charge in [0.25, 0.3) is 0 Å². The molecule has 4 rings (SSSR count). The third kappa shape index (κ3) is 4.05. The lowest BCUT2D eigenvalue weighted by Crippen LogP contribution is -2.42. The quantitative estimate of drug-likeness (QED) is 0.660. The molecule has 3 heterocycles. The first-order valence-corrected chi connectivity index (χ1v) is 10.6. The number of anilines is 1. The summed E-state index contributed by atoms with van der Waals surface area (Å²) in [6.07, 6.45) is 0.993.